The van der Waals surface area contributed by atoms with Gasteiger partial charge in [0, 0.05) is 36.2 Å². The molecule has 0 radical (unpaired) electrons. The Kier molecular flexibility index (Phi) is 5.21. The minimum atomic E-state index is -0.860. The van der Waals surface area contributed by atoms with Crippen LogP contribution in [-0.4, -0.2) is 28.7 Å². The van der Waals surface area contributed by atoms with E-state index < -0.39 is 17.9 Å². The molecule has 2 aromatic rings. The molecule has 1 aliphatic rings. The maximum absolute atomic E-state index is 12.8. The van der Waals surface area contributed by atoms with Gasteiger partial charge in [-0.25, -0.2) is 0 Å². The van der Waals surface area contributed by atoms with Gasteiger partial charge in [-0.3, -0.25) is 19.4 Å². The third-order valence-corrected chi connectivity index (χ3v) is 4.44. The van der Waals surface area contributed by atoms with Crippen LogP contribution in [0.2, 0.25) is 0 Å². The van der Waals surface area contributed by atoms with E-state index in [9.17, 15) is 14.4 Å². The lowest BCUT2D eigenvalue weighted by atomic mass is 10.1. The van der Waals surface area contributed by atoms with Gasteiger partial charge in [-0.15, -0.1) is 0 Å². The van der Waals surface area contributed by atoms with Crippen LogP contribution in [0.5, 0.6) is 0 Å². The van der Waals surface area contributed by atoms with Crippen molar-refractivity contribution >= 4 is 23.4 Å². The number of aryl methyl sites for hydroxylation is 1. The van der Waals surface area contributed by atoms with Gasteiger partial charge in [-0.1, -0.05) is 17.7 Å². The maximum atomic E-state index is 12.8. The lowest BCUT2D eigenvalue weighted by Crippen LogP contribution is -2.45. The number of anilines is 1. The van der Waals surface area contributed by atoms with Crippen molar-refractivity contribution in [2.45, 2.75) is 39.4 Å². The number of fused-ring (bicyclic) bond motifs is 1. The molecule has 0 saturated carbocycles. The molecule has 0 fully saturated rings. The normalized spacial score (nSPS) is 15.6. The number of nitrogens with one attached hydrogen (secondary N) is 2. The first kappa shape index (κ1) is 18.6. The minimum Gasteiger partial charge on any atom is -0.344 e. The summed E-state index contributed by atoms with van der Waals surface area (Å²) in [5.41, 5.74) is 3.29. The van der Waals surface area contributed by atoms with Gasteiger partial charge in [-0.2, -0.15) is 0 Å². The number of amides is 3. The number of hydrogen-bond acceptors (Lipinski definition) is 4. The molecular formula is C20H22N4O3. The third-order valence-electron chi connectivity index (χ3n) is 4.44. The average molecular weight is 366 g/mol. The van der Waals surface area contributed by atoms with Gasteiger partial charge in [0.1, 0.15) is 6.04 Å². The van der Waals surface area contributed by atoms with E-state index in [1.54, 1.807) is 29.4 Å². The molecule has 0 aliphatic carbocycles. The molecule has 2 heterocycles. The molecule has 1 aromatic heterocycles. The van der Waals surface area contributed by atoms with Crippen molar-refractivity contribution in [1.29, 1.82) is 0 Å². The highest BCUT2D eigenvalue weighted by Gasteiger charge is 2.40. The van der Waals surface area contributed by atoms with E-state index in [-0.39, 0.29) is 18.5 Å². The first-order chi connectivity index (χ1) is 12.9. The van der Waals surface area contributed by atoms with Crippen molar-refractivity contribution in [3.05, 3.63) is 59.4 Å². The number of benzene rings is 1. The van der Waals surface area contributed by atoms with E-state index in [0.29, 0.717) is 5.56 Å². The number of rotatable bonds is 4. The maximum Gasteiger partial charge on any atom is 0.310 e. The summed E-state index contributed by atoms with van der Waals surface area (Å²) in [6, 6.07) is 8.25. The first-order valence-corrected chi connectivity index (χ1v) is 8.79. The molecule has 1 aromatic carbocycles. The Hall–Kier alpha value is -3.22. The van der Waals surface area contributed by atoms with Gasteiger partial charge in [0.05, 0.1) is 0 Å². The number of aromatic nitrogens is 1. The minimum absolute atomic E-state index is 0.0543. The Morgan fingerprint density at radius 1 is 1.15 bits per heavy atom. The smallest absolute Gasteiger partial charge is 0.310 e. The van der Waals surface area contributed by atoms with Crippen molar-refractivity contribution < 1.29 is 14.4 Å². The molecule has 7 heteroatoms. The van der Waals surface area contributed by atoms with Gasteiger partial charge in [-0.05, 0) is 44.5 Å². The summed E-state index contributed by atoms with van der Waals surface area (Å²) >= 11 is 0. The predicted molar refractivity (Wildman–Crippen MR) is 101 cm³/mol. The molecule has 0 spiro atoms. The third kappa shape index (κ3) is 3.81. The van der Waals surface area contributed by atoms with E-state index in [1.807, 2.05) is 39.0 Å². The van der Waals surface area contributed by atoms with Crippen molar-refractivity contribution in [3.63, 3.8) is 0 Å². The Morgan fingerprint density at radius 2 is 1.85 bits per heavy atom. The van der Waals surface area contributed by atoms with Crippen molar-refractivity contribution in [2.75, 3.05) is 4.90 Å². The fourth-order valence-corrected chi connectivity index (χ4v) is 3.15. The topological polar surface area (TPSA) is 91.4 Å². The SMILES string of the molecule is Cc1ccc2c(c1)[C@H](NC(=O)C(=O)NCc1ccncc1)C(=O)N2C(C)C. The van der Waals surface area contributed by atoms with E-state index >= 15 is 0 Å². The molecule has 2 N–H and O–H groups in total. The first-order valence-electron chi connectivity index (χ1n) is 8.79. The molecule has 0 saturated heterocycles. The highest BCUT2D eigenvalue weighted by Crippen LogP contribution is 2.37. The number of carbonyl (C=O) groups is 3. The molecule has 3 amide bonds. The molecule has 0 bridgehead atoms. The predicted octanol–water partition coefficient (Wildman–Crippen LogP) is 1.62. The molecule has 27 heavy (non-hydrogen) atoms. The average Bonchev–Trinajstić information content (AvgIpc) is 2.92. The molecule has 3 rings (SSSR count). The molecule has 1 atom stereocenters. The molecular weight excluding hydrogens is 344 g/mol. The number of carbonyl (C=O) groups excluding carboxylic acids is 3. The largest absolute Gasteiger partial charge is 0.344 e. The Labute approximate surface area is 157 Å². The molecule has 0 unspecified atom stereocenters. The molecule has 140 valence electrons. The highest BCUT2D eigenvalue weighted by atomic mass is 16.2. The molecule has 7 nitrogen and oxygen atoms in total. The lowest BCUT2D eigenvalue weighted by molar-refractivity contribution is -0.140. The van der Waals surface area contributed by atoms with Gasteiger partial charge < -0.3 is 15.5 Å². The van der Waals surface area contributed by atoms with E-state index in [0.717, 1.165) is 16.8 Å². The van der Waals surface area contributed by atoms with Gasteiger partial charge >= 0.3 is 11.8 Å². The Morgan fingerprint density at radius 3 is 2.52 bits per heavy atom. The van der Waals surface area contributed by atoms with Crippen molar-refractivity contribution in [1.82, 2.24) is 15.6 Å². The van der Waals surface area contributed by atoms with Crippen LogP contribution >= 0.6 is 0 Å². The fourth-order valence-electron chi connectivity index (χ4n) is 3.15. The van der Waals surface area contributed by atoms with Gasteiger partial charge in [0.25, 0.3) is 5.91 Å². The zero-order valence-corrected chi connectivity index (χ0v) is 15.5. The standard InChI is InChI=1S/C20H22N4O3/c1-12(2)24-16-5-4-13(3)10-15(16)17(20(24)27)23-19(26)18(25)22-11-14-6-8-21-9-7-14/h4-10,12,17H,11H2,1-3H3,(H,22,25)(H,23,26)/t17-/m0/s1. The highest BCUT2D eigenvalue weighted by molar-refractivity contribution is 6.35. The van der Waals surface area contributed by atoms with E-state index in [4.69, 9.17) is 0 Å². The second-order valence-electron chi connectivity index (χ2n) is 6.81. The lowest BCUT2D eigenvalue weighted by Gasteiger charge is -2.22. The number of nitrogens with zero attached hydrogens (tertiary/aromatic N) is 2. The summed E-state index contributed by atoms with van der Waals surface area (Å²) in [6.07, 6.45) is 3.22. The summed E-state index contributed by atoms with van der Waals surface area (Å²) in [7, 11) is 0. The van der Waals surface area contributed by atoms with Crippen LogP contribution in [0.1, 0.15) is 36.6 Å². The monoisotopic (exact) mass is 366 g/mol. The summed E-state index contributed by atoms with van der Waals surface area (Å²) in [5, 5.41) is 5.13. The van der Waals surface area contributed by atoms with Gasteiger partial charge in [0.15, 0.2) is 0 Å². The second kappa shape index (κ2) is 7.57. The van der Waals surface area contributed by atoms with Crippen LogP contribution < -0.4 is 15.5 Å². The summed E-state index contributed by atoms with van der Waals surface area (Å²) in [5.74, 6) is -1.85. The zero-order chi connectivity index (χ0) is 19.6. The number of pyridine rings is 1. The fraction of sp³-hybridized carbons (Fsp3) is 0.300. The Balaban J connectivity index is 1.72. The Bertz CT molecular complexity index is 880. The summed E-state index contributed by atoms with van der Waals surface area (Å²) in [6.45, 7) is 5.95. The molecule has 1 aliphatic heterocycles. The number of hydrogen-bond donors (Lipinski definition) is 2. The summed E-state index contributed by atoms with van der Waals surface area (Å²) < 4.78 is 0. The van der Waals surface area contributed by atoms with Crippen LogP contribution in [0.3, 0.4) is 0 Å². The van der Waals surface area contributed by atoms with Crippen LogP contribution in [0.25, 0.3) is 0 Å². The second-order valence-corrected chi connectivity index (χ2v) is 6.81. The van der Waals surface area contributed by atoms with Crippen LogP contribution in [0.15, 0.2) is 42.7 Å². The van der Waals surface area contributed by atoms with Crippen molar-refractivity contribution in [3.8, 4) is 0 Å². The zero-order valence-electron chi connectivity index (χ0n) is 15.5. The summed E-state index contributed by atoms with van der Waals surface area (Å²) in [4.78, 5) is 42.8. The van der Waals surface area contributed by atoms with E-state index in [2.05, 4.69) is 15.6 Å². The quantitative estimate of drug-likeness (QED) is 0.805. The van der Waals surface area contributed by atoms with Crippen LogP contribution in [-0.2, 0) is 20.9 Å². The van der Waals surface area contributed by atoms with Crippen LogP contribution in [0, 0.1) is 6.92 Å². The van der Waals surface area contributed by atoms with Gasteiger partial charge in [0.2, 0.25) is 0 Å². The van der Waals surface area contributed by atoms with Crippen molar-refractivity contribution in [2.24, 2.45) is 0 Å². The van der Waals surface area contributed by atoms with Crippen LogP contribution in [0.4, 0.5) is 5.69 Å². The van der Waals surface area contributed by atoms with E-state index in [1.165, 1.54) is 0 Å².